The van der Waals surface area contributed by atoms with E-state index in [9.17, 15) is 19.7 Å². The average Bonchev–Trinajstić information content (AvgIpc) is 2.82. The van der Waals surface area contributed by atoms with E-state index in [1.165, 1.54) is 29.2 Å². The van der Waals surface area contributed by atoms with Crippen LogP contribution in [-0.2, 0) is 9.59 Å². The second kappa shape index (κ2) is 6.35. The second-order valence-electron chi connectivity index (χ2n) is 6.06. The predicted octanol–water partition coefficient (Wildman–Crippen LogP) is 2.96. The van der Waals surface area contributed by atoms with Crippen molar-refractivity contribution in [3.8, 4) is 0 Å². The highest BCUT2D eigenvalue weighted by Gasteiger charge is 2.40. The first-order chi connectivity index (χ1) is 11.9. The number of carbonyl (C=O) groups is 2. The van der Waals surface area contributed by atoms with E-state index in [1.807, 2.05) is 26.0 Å². The Balaban J connectivity index is 1.80. The largest absolute Gasteiger partial charge is 0.373 e. The molecule has 2 amide bonds. The van der Waals surface area contributed by atoms with Crippen LogP contribution in [0.4, 0.5) is 17.1 Å². The van der Waals surface area contributed by atoms with Crippen molar-refractivity contribution in [3.63, 3.8) is 0 Å². The lowest BCUT2D eigenvalue weighted by atomic mass is 10.1. The lowest BCUT2D eigenvalue weighted by Crippen LogP contribution is -2.35. The van der Waals surface area contributed by atoms with Gasteiger partial charge in [0.25, 0.3) is 11.6 Å². The summed E-state index contributed by atoms with van der Waals surface area (Å²) in [6.45, 7) is 3.81. The van der Waals surface area contributed by atoms with Crippen molar-refractivity contribution in [3.05, 3.63) is 63.7 Å². The molecular formula is C18H17N3O4. The van der Waals surface area contributed by atoms with Crippen molar-refractivity contribution in [2.75, 3.05) is 10.2 Å². The smallest absolute Gasteiger partial charge is 0.269 e. The highest BCUT2D eigenvalue weighted by molar-refractivity contribution is 6.23. The van der Waals surface area contributed by atoms with Gasteiger partial charge in [-0.25, -0.2) is 4.90 Å². The third kappa shape index (κ3) is 3.21. The van der Waals surface area contributed by atoms with Crippen LogP contribution in [0.2, 0.25) is 0 Å². The fourth-order valence-electron chi connectivity index (χ4n) is 2.93. The van der Waals surface area contributed by atoms with E-state index in [-0.39, 0.29) is 23.9 Å². The molecule has 1 fully saturated rings. The zero-order chi connectivity index (χ0) is 18.1. The number of benzene rings is 2. The molecule has 7 nitrogen and oxygen atoms in total. The van der Waals surface area contributed by atoms with E-state index >= 15 is 0 Å². The molecule has 0 aromatic heterocycles. The van der Waals surface area contributed by atoms with Crippen molar-refractivity contribution in [1.29, 1.82) is 0 Å². The van der Waals surface area contributed by atoms with Gasteiger partial charge in [0.1, 0.15) is 6.04 Å². The molecule has 7 heteroatoms. The van der Waals surface area contributed by atoms with Crippen LogP contribution >= 0.6 is 0 Å². The maximum Gasteiger partial charge on any atom is 0.269 e. The Bertz CT molecular complexity index is 861. The van der Waals surface area contributed by atoms with Crippen molar-refractivity contribution >= 4 is 28.9 Å². The summed E-state index contributed by atoms with van der Waals surface area (Å²) in [4.78, 5) is 36.4. The number of carbonyl (C=O) groups excluding carboxylic acids is 2. The molecule has 3 rings (SSSR count). The average molecular weight is 339 g/mol. The molecule has 1 heterocycles. The van der Waals surface area contributed by atoms with Crippen LogP contribution in [0.5, 0.6) is 0 Å². The van der Waals surface area contributed by atoms with Gasteiger partial charge in [-0.2, -0.15) is 0 Å². The maximum atomic E-state index is 12.7. The van der Waals surface area contributed by atoms with Crippen molar-refractivity contribution in [2.24, 2.45) is 0 Å². The lowest BCUT2D eigenvalue weighted by Gasteiger charge is -2.18. The Morgan fingerprint density at radius 3 is 2.40 bits per heavy atom. The first-order valence-electron chi connectivity index (χ1n) is 7.82. The van der Waals surface area contributed by atoms with Crippen LogP contribution in [0, 0.1) is 24.0 Å². The summed E-state index contributed by atoms with van der Waals surface area (Å²) in [5, 5.41) is 13.7. The van der Waals surface area contributed by atoms with Gasteiger partial charge in [-0.15, -0.1) is 0 Å². The molecule has 128 valence electrons. The van der Waals surface area contributed by atoms with Gasteiger partial charge in [0.05, 0.1) is 17.0 Å². The van der Waals surface area contributed by atoms with Gasteiger partial charge in [0.15, 0.2) is 0 Å². The summed E-state index contributed by atoms with van der Waals surface area (Å²) in [6.07, 6.45) is 0.0448. The molecule has 25 heavy (non-hydrogen) atoms. The molecule has 0 spiro atoms. The molecule has 0 radical (unpaired) electrons. The maximum absolute atomic E-state index is 12.7. The Kier molecular flexibility index (Phi) is 4.22. The van der Waals surface area contributed by atoms with E-state index < -0.39 is 11.0 Å². The Morgan fingerprint density at radius 1 is 1.12 bits per heavy atom. The fraction of sp³-hybridized carbons (Fsp3) is 0.222. The van der Waals surface area contributed by atoms with Crippen LogP contribution in [0.25, 0.3) is 0 Å². The van der Waals surface area contributed by atoms with Gasteiger partial charge in [0, 0.05) is 17.8 Å². The SMILES string of the molecule is Cc1ccc(N2C(=O)CC(Nc3ccc([N+](=O)[O-])cc3)C2=O)c(C)c1. The molecule has 2 aromatic rings. The first kappa shape index (κ1) is 16.6. The second-order valence-corrected chi connectivity index (χ2v) is 6.06. The first-order valence-corrected chi connectivity index (χ1v) is 7.82. The molecule has 2 aromatic carbocycles. The molecule has 1 aliphatic heterocycles. The van der Waals surface area contributed by atoms with Crippen molar-refractivity contribution in [2.45, 2.75) is 26.3 Å². The quantitative estimate of drug-likeness (QED) is 0.525. The van der Waals surface area contributed by atoms with Crippen LogP contribution < -0.4 is 10.2 Å². The number of aryl methyl sites for hydroxylation is 2. The number of nitrogens with zero attached hydrogens (tertiary/aromatic N) is 2. The third-order valence-electron chi connectivity index (χ3n) is 4.16. The Labute approximate surface area is 144 Å². The minimum absolute atomic E-state index is 0.0312. The van der Waals surface area contributed by atoms with E-state index in [4.69, 9.17) is 0 Å². The monoisotopic (exact) mass is 339 g/mol. The van der Waals surface area contributed by atoms with Gasteiger partial charge >= 0.3 is 0 Å². The summed E-state index contributed by atoms with van der Waals surface area (Å²) in [6, 6.07) is 10.6. The molecule has 1 atom stereocenters. The molecule has 1 aliphatic rings. The Morgan fingerprint density at radius 2 is 1.80 bits per heavy atom. The number of amides is 2. The van der Waals surface area contributed by atoms with Gasteiger partial charge in [-0.3, -0.25) is 19.7 Å². The third-order valence-corrected chi connectivity index (χ3v) is 4.16. The number of non-ortho nitro benzene ring substituents is 1. The molecule has 1 unspecified atom stereocenters. The fourth-order valence-corrected chi connectivity index (χ4v) is 2.93. The van der Waals surface area contributed by atoms with E-state index in [1.54, 1.807) is 6.07 Å². The van der Waals surface area contributed by atoms with Gasteiger partial charge in [-0.1, -0.05) is 17.7 Å². The topological polar surface area (TPSA) is 92.6 Å². The predicted molar refractivity (Wildman–Crippen MR) is 93.5 cm³/mol. The molecular weight excluding hydrogens is 322 g/mol. The molecule has 0 aliphatic carbocycles. The zero-order valence-electron chi connectivity index (χ0n) is 13.9. The van der Waals surface area contributed by atoms with E-state index in [2.05, 4.69) is 5.32 Å². The summed E-state index contributed by atoms with van der Waals surface area (Å²) in [5.41, 5.74) is 3.03. The summed E-state index contributed by atoms with van der Waals surface area (Å²) >= 11 is 0. The standard InChI is InChI=1S/C18H17N3O4/c1-11-3-8-16(12(2)9-11)20-17(22)10-15(18(20)23)19-13-4-6-14(7-5-13)21(24)25/h3-9,15,19H,10H2,1-2H3. The van der Waals surface area contributed by atoms with Crippen molar-refractivity contribution in [1.82, 2.24) is 0 Å². The van der Waals surface area contributed by atoms with Crippen LogP contribution in [0.3, 0.4) is 0 Å². The number of anilines is 2. The van der Waals surface area contributed by atoms with Crippen LogP contribution in [0.15, 0.2) is 42.5 Å². The van der Waals surface area contributed by atoms with Gasteiger partial charge < -0.3 is 5.32 Å². The summed E-state index contributed by atoms with van der Waals surface area (Å²) < 4.78 is 0. The number of nitrogens with one attached hydrogen (secondary N) is 1. The number of nitro benzene ring substituents is 1. The number of imide groups is 1. The van der Waals surface area contributed by atoms with Crippen LogP contribution in [-0.4, -0.2) is 22.8 Å². The Hall–Kier alpha value is -3.22. The molecule has 0 saturated carbocycles. The molecule has 1 saturated heterocycles. The number of hydrogen-bond acceptors (Lipinski definition) is 5. The van der Waals surface area contributed by atoms with Gasteiger partial charge in [0.2, 0.25) is 5.91 Å². The minimum Gasteiger partial charge on any atom is -0.373 e. The lowest BCUT2D eigenvalue weighted by molar-refractivity contribution is -0.384. The van der Waals surface area contributed by atoms with E-state index in [0.717, 1.165) is 11.1 Å². The summed E-state index contributed by atoms with van der Waals surface area (Å²) in [7, 11) is 0. The van der Waals surface area contributed by atoms with Gasteiger partial charge in [-0.05, 0) is 37.6 Å². The highest BCUT2D eigenvalue weighted by Crippen LogP contribution is 2.28. The van der Waals surface area contributed by atoms with Crippen molar-refractivity contribution < 1.29 is 14.5 Å². The normalized spacial score (nSPS) is 17.0. The zero-order valence-corrected chi connectivity index (χ0v) is 13.9. The van der Waals surface area contributed by atoms with E-state index in [0.29, 0.717) is 11.4 Å². The molecule has 1 N–H and O–H groups in total. The van der Waals surface area contributed by atoms with Crippen LogP contribution in [0.1, 0.15) is 17.5 Å². The number of hydrogen-bond donors (Lipinski definition) is 1. The number of nitro groups is 1. The minimum atomic E-state index is -0.686. The number of rotatable bonds is 4. The molecule has 0 bridgehead atoms. The summed E-state index contributed by atoms with van der Waals surface area (Å²) in [5.74, 6) is -0.591. The highest BCUT2D eigenvalue weighted by atomic mass is 16.6.